The summed E-state index contributed by atoms with van der Waals surface area (Å²) in [6.07, 6.45) is 3.76. The first-order valence-electron chi connectivity index (χ1n) is 11.5. The summed E-state index contributed by atoms with van der Waals surface area (Å²) in [7, 11) is 1.38. The first kappa shape index (κ1) is 22.2. The van der Waals surface area contributed by atoms with Crippen LogP contribution in [0, 0.1) is 0 Å². The lowest BCUT2D eigenvalue weighted by molar-refractivity contribution is -0.141. The molecule has 1 fully saturated rings. The Morgan fingerprint density at radius 1 is 1.06 bits per heavy atom. The monoisotopic (exact) mass is 469 g/mol. The number of esters is 1. The van der Waals surface area contributed by atoms with Gasteiger partial charge in [-0.05, 0) is 37.8 Å². The summed E-state index contributed by atoms with van der Waals surface area (Å²) < 4.78 is 33.1. The Kier molecular flexibility index (Phi) is 6.33. The number of carbonyl (C=O) groups excluding carboxylic acids is 2. The highest BCUT2D eigenvalue weighted by molar-refractivity contribution is 5.85. The number of amides is 1. The Morgan fingerprint density at radius 3 is 2.74 bits per heavy atom. The van der Waals surface area contributed by atoms with Gasteiger partial charge in [-0.25, -0.2) is 4.79 Å². The number of hydrogen-bond acceptors (Lipinski definition) is 8. The van der Waals surface area contributed by atoms with Gasteiger partial charge < -0.3 is 28.4 Å². The molecule has 0 aromatic heterocycles. The van der Waals surface area contributed by atoms with E-state index in [1.54, 1.807) is 12.1 Å². The maximum Gasteiger partial charge on any atom is 0.411 e. The molecule has 2 aromatic rings. The smallest absolute Gasteiger partial charge is 0.411 e. The van der Waals surface area contributed by atoms with Crippen LogP contribution in [0.25, 0.3) is 0 Å². The van der Waals surface area contributed by atoms with Gasteiger partial charge in [0, 0.05) is 34.9 Å². The van der Waals surface area contributed by atoms with Crippen molar-refractivity contribution in [3.8, 4) is 23.0 Å². The molecule has 1 N–H and O–H groups in total. The van der Waals surface area contributed by atoms with Gasteiger partial charge in [0.05, 0.1) is 20.1 Å². The lowest BCUT2D eigenvalue weighted by Gasteiger charge is -2.14. The van der Waals surface area contributed by atoms with Crippen LogP contribution in [0.2, 0.25) is 0 Å². The first-order valence-corrected chi connectivity index (χ1v) is 11.5. The zero-order valence-corrected chi connectivity index (χ0v) is 19.0. The Balaban J connectivity index is 1.25. The molecule has 5 rings (SSSR count). The molecule has 3 aliphatic rings. The minimum absolute atomic E-state index is 0.0222. The topological polar surface area (TPSA) is 102 Å². The maximum atomic E-state index is 12.3. The van der Waals surface area contributed by atoms with Crippen molar-refractivity contribution in [2.75, 3.05) is 25.8 Å². The summed E-state index contributed by atoms with van der Waals surface area (Å²) in [5.41, 5.74) is 2.24. The highest BCUT2D eigenvalue weighted by atomic mass is 16.7. The predicted molar refractivity (Wildman–Crippen MR) is 121 cm³/mol. The number of nitrogens with one attached hydrogen (secondary N) is 1. The summed E-state index contributed by atoms with van der Waals surface area (Å²) in [6.45, 7) is 0.729. The number of carbonyl (C=O) groups is 2. The van der Waals surface area contributed by atoms with E-state index in [1.807, 2.05) is 18.2 Å². The van der Waals surface area contributed by atoms with Crippen LogP contribution in [0.5, 0.6) is 23.0 Å². The van der Waals surface area contributed by atoms with Gasteiger partial charge in [-0.15, -0.1) is 0 Å². The zero-order valence-electron chi connectivity index (χ0n) is 19.0. The standard InChI is InChI=1S/C25H27NO8/c1-29-23(27)9-15-12-31-21-11-19(6-7-20(15)21)30-13-16-8-17(10-22-24(16)33-14-32-22)26-25(28)34-18-4-2-3-5-18/h6-8,10-11,15,18H,2-5,9,12-14H2,1H3,(H,26,28)/t15-/m1/s1. The second-order valence-corrected chi connectivity index (χ2v) is 8.58. The number of hydrogen-bond donors (Lipinski definition) is 1. The molecule has 2 aliphatic heterocycles. The van der Waals surface area contributed by atoms with Crippen LogP contribution in [0.4, 0.5) is 10.5 Å². The third-order valence-electron chi connectivity index (χ3n) is 6.27. The van der Waals surface area contributed by atoms with Crippen LogP contribution in [-0.2, 0) is 20.9 Å². The van der Waals surface area contributed by atoms with Crippen molar-refractivity contribution in [2.45, 2.75) is 50.7 Å². The second-order valence-electron chi connectivity index (χ2n) is 8.58. The molecule has 9 nitrogen and oxygen atoms in total. The highest BCUT2D eigenvalue weighted by Gasteiger charge is 2.27. The second kappa shape index (κ2) is 9.70. The molecule has 34 heavy (non-hydrogen) atoms. The summed E-state index contributed by atoms with van der Waals surface area (Å²) in [5, 5.41) is 2.79. The lowest BCUT2D eigenvalue weighted by Crippen LogP contribution is -2.20. The van der Waals surface area contributed by atoms with Crippen molar-refractivity contribution in [3.05, 3.63) is 41.5 Å². The molecule has 0 bridgehead atoms. The van der Waals surface area contributed by atoms with Gasteiger partial charge in [0.1, 0.15) is 24.2 Å². The SMILES string of the molecule is COC(=O)C[C@@H]1COc2cc(OCc3cc(NC(=O)OC4CCCC4)cc4c3OCO4)ccc21. The van der Waals surface area contributed by atoms with Crippen LogP contribution < -0.4 is 24.3 Å². The third kappa shape index (κ3) is 4.83. The molecular weight excluding hydrogens is 442 g/mol. The van der Waals surface area contributed by atoms with Crippen LogP contribution in [-0.4, -0.2) is 38.7 Å². The molecule has 180 valence electrons. The number of ether oxygens (including phenoxy) is 6. The number of anilines is 1. The van der Waals surface area contributed by atoms with E-state index in [-0.39, 0.29) is 37.8 Å². The quantitative estimate of drug-likeness (QED) is 0.591. The molecule has 0 spiro atoms. The summed E-state index contributed by atoms with van der Waals surface area (Å²) in [6, 6.07) is 9.07. The number of methoxy groups -OCH3 is 1. The largest absolute Gasteiger partial charge is 0.492 e. The molecule has 2 aromatic carbocycles. The van der Waals surface area contributed by atoms with E-state index in [1.165, 1.54) is 7.11 Å². The summed E-state index contributed by atoms with van der Waals surface area (Å²) in [4.78, 5) is 23.9. The normalized spacial score (nSPS) is 18.2. The van der Waals surface area contributed by atoms with Crippen molar-refractivity contribution < 1.29 is 38.0 Å². The van der Waals surface area contributed by atoms with Crippen LogP contribution >= 0.6 is 0 Å². The van der Waals surface area contributed by atoms with E-state index in [0.717, 1.165) is 36.8 Å². The average Bonchev–Trinajstić information content (AvgIpc) is 3.59. The van der Waals surface area contributed by atoms with Gasteiger partial charge in [0.25, 0.3) is 0 Å². The average molecular weight is 469 g/mol. The van der Waals surface area contributed by atoms with E-state index < -0.39 is 6.09 Å². The molecule has 0 radical (unpaired) electrons. The van der Waals surface area contributed by atoms with Gasteiger partial charge in [-0.2, -0.15) is 0 Å². The Labute approximate surface area is 197 Å². The van der Waals surface area contributed by atoms with Crippen molar-refractivity contribution in [1.82, 2.24) is 0 Å². The van der Waals surface area contributed by atoms with Gasteiger partial charge in [0.15, 0.2) is 11.5 Å². The van der Waals surface area contributed by atoms with Crippen molar-refractivity contribution in [2.24, 2.45) is 0 Å². The van der Waals surface area contributed by atoms with Crippen molar-refractivity contribution in [3.63, 3.8) is 0 Å². The highest BCUT2D eigenvalue weighted by Crippen LogP contribution is 2.41. The fraction of sp³-hybridized carbons (Fsp3) is 0.440. The predicted octanol–water partition coefficient (Wildman–Crippen LogP) is 4.52. The van der Waals surface area contributed by atoms with E-state index in [2.05, 4.69) is 5.32 Å². The molecule has 0 unspecified atom stereocenters. The minimum Gasteiger partial charge on any atom is -0.492 e. The number of fused-ring (bicyclic) bond motifs is 2. The molecule has 1 saturated carbocycles. The molecule has 1 atom stereocenters. The number of rotatable bonds is 7. The molecular formula is C25H27NO8. The molecule has 1 aliphatic carbocycles. The fourth-order valence-corrected chi connectivity index (χ4v) is 4.53. The summed E-state index contributed by atoms with van der Waals surface area (Å²) >= 11 is 0. The van der Waals surface area contributed by atoms with Crippen molar-refractivity contribution >= 4 is 17.7 Å². The molecule has 9 heteroatoms. The third-order valence-corrected chi connectivity index (χ3v) is 6.27. The summed E-state index contributed by atoms with van der Waals surface area (Å²) in [5.74, 6) is 2.14. The minimum atomic E-state index is -0.477. The van der Waals surface area contributed by atoms with Gasteiger partial charge in [0.2, 0.25) is 6.79 Å². The van der Waals surface area contributed by atoms with E-state index in [4.69, 9.17) is 28.4 Å². The van der Waals surface area contributed by atoms with Gasteiger partial charge in [-0.1, -0.05) is 6.07 Å². The van der Waals surface area contributed by atoms with E-state index in [0.29, 0.717) is 35.3 Å². The van der Waals surface area contributed by atoms with Crippen molar-refractivity contribution in [1.29, 1.82) is 0 Å². The number of benzene rings is 2. The molecule has 0 saturated heterocycles. The molecule has 1 amide bonds. The zero-order chi connectivity index (χ0) is 23.5. The van der Waals surface area contributed by atoms with Gasteiger partial charge in [-0.3, -0.25) is 10.1 Å². The maximum absolute atomic E-state index is 12.3. The first-order chi connectivity index (χ1) is 16.6. The van der Waals surface area contributed by atoms with Crippen LogP contribution in [0.1, 0.15) is 49.1 Å². The Hall–Kier alpha value is -3.62. The lowest BCUT2D eigenvalue weighted by atomic mass is 9.98. The fourth-order valence-electron chi connectivity index (χ4n) is 4.53. The Morgan fingerprint density at radius 2 is 1.91 bits per heavy atom. The van der Waals surface area contributed by atoms with Gasteiger partial charge >= 0.3 is 12.1 Å². The van der Waals surface area contributed by atoms with Crippen LogP contribution in [0.15, 0.2) is 30.3 Å². The van der Waals surface area contributed by atoms with E-state index >= 15 is 0 Å². The van der Waals surface area contributed by atoms with Crippen LogP contribution in [0.3, 0.4) is 0 Å². The Bertz CT molecular complexity index is 1080. The van der Waals surface area contributed by atoms with E-state index in [9.17, 15) is 9.59 Å². The molecule has 2 heterocycles.